The highest BCUT2D eigenvalue weighted by atomic mass is 15.1. The average molecular weight is 913 g/mol. The normalized spacial score (nSPS) is 15.4. The quantitative estimate of drug-likeness (QED) is 0.156. The highest BCUT2D eigenvalue weighted by Gasteiger charge is 2.52. The Bertz CT molecular complexity index is 4360. The molecule has 1 aliphatic heterocycles. The number of nitrogens with zero attached hydrogens (tertiary/aromatic N) is 2. The maximum absolute atomic E-state index is 2.53. The maximum Gasteiger partial charge on any atom is 0.0755 e. The molecule has 2 heteroatoms. The van der Waals surface area contributed by atoms with E-state index in [1.807, 2.05) is 0 Å². The van der Waals surface area contributed by atoms with E-state index in [4.69, 9.17) is 0 Å². The van der Waals surface area contributed by atoms with Crippen molar-refractivity contribution >= 4 is 60.4 Å². The van der Waals surface area contributed by atoms with E-state index in [0.29, 0.717) is 0 Å². The van der Waals surface area contributed by atoms with Gasteiger partial charge < -0.3 is 9.47 Å². The summed E-state index contributed by atoms with van der Waals surface area (Å²) in [5.41, 5.74) is 21.5. The Morgan fingerprint density at radius 3 is 1.64 bits per heavy atom. The Hall–Kier alpha value is -9.24. The van der Waals surface area contributed by atoms with Gasteiger partial charge in [0, 0.05) is 27.7 Å². The molecule has 12 aromatic carbocycles. The molecule has 0 saturated heterocycles. The topological polar surface area (TPSA) is 8.17 Å². The van der Waals surface area contributed by atoms with Gasteiger partial charge >= 0.3 is 0 Å². The Kier molecular flexibility index (Phi) is 8.05. The number of benzene rings is 12. The molecule has 3 aliphatic rings. The molecule has 16 rings (SSSR count). The Morgan fingerprint density at radius 2 is 0.847 bits per heavy atom. The number of rotatable bonds is 5. The van der Waals surface area contributed by atoms with Gasteiger partial charge in [-0.2, -0.15) is 0 Å². The van der Waals surface area contributed by atoms with Crippen molar-refractivity contribution in [3.63, 3.8) is 0 Å². The van der Waals surface area contributed by atoms with E-state index < -0.39 is 10.8 Å². The van der Waals surface area contributed by atoms with Crippen LogP contribution in [-0.4, -0.2) is 4.57 Å². The molecule has 13 aromatic rings. The number of anilines is 3. The molecule has 72 heavy (non-hydrogen) atoms. The molecule has 0 bridgehead atoms. The fourth-order valence-electron chi connectivity index (χ4n) is 13.9. The molecule has 334 valence electrons. The second kappa shape index (κ2) is 14.6. The smallest absolute Gasteiger partial charge is 0.0755 e. The van der Waals surface area contributed by atoms with Crippen LogP contribution < -0.4 is 4.90 Å². The minimum atomic E-state index is -0.578. The summed E-state index contributed by atoms with van der Waals surface area (Å²) in [4.78, 5) is 2.53. The molecule has 1 atom stereocenters. The molecule has 1 unspecified atom stereocenters. The van der Waals surface area contributed by atoms with Crippen molar-refractivity contribution in [1.29, 1.82) is 0 Å². The summed E-state index contributed by atoms with van der Waals surface area (Å²) in [6.07, 6.45) is 0. The second-order valence-electron chi connectivity index (χ2n) is 19.8. The van der Waals surface area contributed by atoms with Crippen LogP contribution in [0, 0.1) is 0 Å². The van der Waals surface area contributed by atoms with Crippen LogP contribution >= 0.6 is 0 Å². The lowest BCUT2D eigenvalue weighted by Crippen LogP contribution is -2.33. The molecule has 0 N–H and O–H groups in total. The molecule has 0 saturated carbocycles. The molecule has 2 nitrogen and oxygen atoms in total. The zero-order valence-electron chi connectivity index (χ0n) is 39.3. The maximum atomic E-state index is 2.53. The predicted octanol–water partition coefficient (Wildman–Crippen LogP) is 17.6. The molecule has 2 heterocycles. The minimum Gasteiger partial charge on any atom is -0.310 e. The molecule has 2 aliphatic carbocycles. The largest absolute Gasteiger partial charge is 0.310 e. The van der Waals surface area contributed by atoms with Gasteiger partial charge in [0.1, 0.15) is 0 Å². The number of aromatic nitrogens is 1. The van der Waals surface area contributed by atoms with E-state index in [1.165, 1.54) is 116 Å². The summed E-state index contributed by atoms with van der Waals surface area (Å²) >= 11 is 0. The van der Waals surface area contributed by atoms with Crippen LogP contribution in [0.2, 0.25) is 0 Å². The first-order valence-corrected chi connectivity index (χ1v) is 25.2. The van der Waals surface area contributed by atoms with Crippen LogP contribution in [0.5, 0.6) is 0 Å². The standard InChI is InChI=1S/C70H44N2/c1-2-19-47(20-3-1)69(58-27-10-6-22-53(58)54-23-7-11-28-59(54)69)48-38-40-49(41-39-48)71(50-42-43-52-46(44-50)37-36-45-18-4-5-21-51(45)52)66-35-17-31-62-67(66)57-25-8-12-29-60(57)70(62)61-30-13-15-34-65(61)72-64-33-14-9-24-55(64)56-26-16-32-63(70)68(56)72/h1-44H. The van der Waals surface area contributed by atoms with Crippen molar-refractivity contribution in [2.45, 2.75) is 10.8 Å². The van der Waals surface area contributed by atoms with E-state index in [0.717, 1.165) is 17.1 Å². The monoisotopic (exact) mass is 912 g/mol. The van der Waals surface area contributed by atoms with Gasteiger partial charge in [0.05, 0.1) is 33.2 Å². The first-order chi connectivity index (χ1) is 35.7. The summed E-state index contributed by atoms with van der Waals surface area (Å²) in [6, 6.07) is 100. The van der Waals surface area contributed by atoms with Gasteiger partial charge in [-0.1, -0.05) is 224 Å². The molecule has 1 aromatic heterocycles. The van der Waals surface area contributed by atoms with Crippen LogP contribution in [0.4, 0.5) is 17.1 Å². The highest BCUT2D eigenvalue weighted by Crippen LogP contribution is 2.64. The Morgan fingerprint density at radius 1 is 0.306 bits per heavy atom. The van der Waals surface area contributed by atoms with Gasteiger partial charge in [0.25, 0.3) is 0 Å². The average Bonchev–Trinajstić information content (AvgIpc) is 4.07. The molecule has 0 amide bonds. The van der Waals surface area contributed by atoms with Crippen molar-refractivity contribution in [2.75, 3.05) is 4.90 Å². The summed E-state index contributed by atoms with van der Waals surface area (Å²) < 4.78 is 2.53. The van der Waals surface area contributed by atoms with Crippen LogP contribution in [0.1, 0.15) is 44.5 Å². The van der Waals surface area contributed by atoms with E-state index in [1.54, 1.807) is 0 Å². The fourth-order valence-corrected chi connectivity index (χ4v) is 13.9. The summed E-state index contributed by atoms with van der Waals surface area (Å²) in [6.45, 7) is 0. The van der Waals surface area contributed by atoms with E-state index in [-0.39, 0.29) is 0 Å². The van der Waals surface area contributed by atoms with E-state index >= 15 is 0 Å². The van der Waals surface area contributed by atoms with Gasteiger partial charge in [0.15, 0.2) is 0 Å². The van der Waals surface area contributed by atoms with Crippen molar-refractivity contribution < 1.29 is 0 Å². The Labute approximate surface area is 418 Å². The van der Waals surface area contributed by atoms with Crippen LogP contribution in [0.3, 0.4) is 0 Å². The lowest BCUT2D eigenvalue weighted by molar-refractivity contribution is 0.748. The lowest BCUT2D eigenvalue weighted by atomic mass is 9.65. The zero-order chi connectivity index (χ0) is 47.1. The van der Waals surface area contributed by atoms with Crippen molar-refractivity contribution in [2.24, 2.45) is 0 Å². The number of hydrogen-bond acceptors (Lipinski definition) is 1. The van der Waals surface area contributed by atoms with Crippen molar-refractivity contribution in [1.82, 2.24) is 4.57 Å². The number of hydrogen-bond donors (Lipinski definition) is 0. The van der Waals surface area contributed by atoms with Crippen LogP contribution in [-0.2, 0) is 10.8 Å². The lowest BCUT2D eigenvalue weighted by Gasteiger charge is -2.39. The van der Waals surface area contributed by atoms with Crippen molar-refractivity contribution in [3.05, 3.63) is 311 Å². The third kappa shape index (κ3) is 4.98. The minimum absolute atomic E-state index is 0.501. The highest BCUT2D eigenvalue weighted by molar-refractivity contribution is 6.14. The third-order valence-electron chi connectivity index (χ3n) is 16.6. The fraction of sp³-hybridized carbons (Fsp3) is 0.0286. The van der Waals surface area contributed by atoms with Gasteiger partial charge in [0.2, 0.25) is 0 Å². The van der Waals surface area contributed by atoms with E-state index in [2.05, 4.69) is 276 Å². The van der Waals surface area contributed by atoms with Gasteiger partial charge in [-0.15, -0.1) is 0 Å². The van der Waals surface area contributed by atoms with Gasteiger partial charge in [-0.05, 0) is 125 Å². The number of fused-ring (bicyclic) bond motifs is 18. The molecular weight excluding hydrogens is 869 g/mol. The predicted molar refractivity (Wildman–Crippen MR) is 299 cm³/mol. The molecule has 0 fully saturated rings. The molecule has 1 spiro atoms. The molecular formula is C70H44N2. The molecule has 0 radical (unpaired) electrons. The second-order valence-corrected chi connectivity index (χ2v) is 19.8. The van der Waals surface area contributed by atoms with Crippen LogP contribution in [0.15, 0.2) is 267 Å². The summed E-state index contributed by atoms with van der Waals surface area (Å²) in [5.74, 6) is 0. The zero-order valence-corrected chi connectivity index (χ0v) is 39.3. The first kappa shape index (κ1) is 39.6. The summed E-state index contributed by atoms with van der Waals surface area (Å²) in [7, 11) is 0. The van der Waals surface area contributed by atoms with Gasteiger partial charge in [-0.3, -0.25) is 0 Å². The van der Waals surface area contributed by atoms with E-state index in [9.17, 15) is 0 Å². The van der Waals surface area contributed by atoms with Crippen LogP contribution in [0.25, 0.3) is 71.3 Å². The number of para-hydroxylation sites is 3. The third-order valence-corrected chi connectivity index (χ3v) is 16.6. The summed E-state index contributed by atoms with van der Waals surface area (Å²) in [5, 5.41) is 7.53. The SMILES string of the molecule is c1ccc(C2(c3ccc(N(c4ccc5c(ccc6ccccc65)c4)c4cccc5c4-c4ccccc4C54c5ccccc5-n5c6ccccc6c6cccc4c65)cc3)c3ccccc3-c3ccccc32)cc1. The van der Waals surface area contributed by atoms with Crippen molar-refractivity contribution in [3.8, 4) is 27.9 Å². The first-order valence-electron chi connectivity index (χ1n) is 25.2. The Balaban J connectivity index is 0.972. The van der Waals surface area contributed by atoms with Gasteiger partial charge in [-0.25, -0.2) is 0 Å².